The fourth-order valence-corrected chi connectivity index (χ4v) is 5.89. The van der Waals surface area contributed by atoms with Crippen LogP contribution in [-0.4, -0.2) is 79.1 Å². The van der Waals surface area contributed by atoms with E-state index in [2.05, 4.69) is 20.3 Å². The first-order valence-corrected chi connectivity index (χ1v) is 13.9. The first kappa shape index (κ1) is 28.2. The number of ether oxygens (including phenoxy) is 2. The number of hydrogen-bond donors (Lipinski definition) is 3. The molecule has 1 saturated heterocycles. The molecule has 3 heterocycles. The minimum Gasteiger partial charge on any atom is -0.394 e. The number of fused-ring (bicyclic) bond motifs is 1. The molecule has 4 rings (SSSR count). The van der Waals surface area contributed by atoms with Crippen LogP contribution in [-0.2, 0) is 23.1 Å². The van der Waals surface area contributed by atoms with Crippen LogP contribution in [0.4, 0.5) is 5.82 Å². The van der Waals surface area contributed by atoms with Gasteiger partial charge >= 0.3 is 7.60 Å². The molecule has 0 unspecified atom stereocenters. The summed E-state index contributed by atoms with van der Waals surface area (Å²) in [5.74, 6) is -0.196. The van der Waals surface area contributed by atoms with Crippen LogP contribution >= 0.6 is 7.60 Å². The minimum absolute atomic E-state index is 0.178. The number of nitrogens with zero attached hydrogens (tertiary/aromatic N) is 4. The lowest BCUT2D eigenvalue weighted by molar-refractivity contribution is -0.0649. The van der Waals surface area contributed by atoms with Gasteiger partial charge in [0.15, 0.2) is 23.2 Å². The Morgan fingerprint density at radius 3 is 2.45 bits per heavy atom. The highest BCUT2D eigenvalue weighted by Crippen LogP contribution is 2.51. The molecule has 3 aromatic rings. The maximum atomic E-state index is 13.3. The van der Waals surface area contributed by atoms with Crippen LogP contribution in [0.15, 0.2) is 43.0 Å². The third kappa shape index (κ3) is 6.26. The smallest absolute Gasteiger partial charge is 0.356 e. The quantitative estimate of drug-likeness (QED) is 0.301. The number of rotatable bonds is 11. The standard InChI is InChI=1S/C24H32N5O8P/c1-14(2)36-38(33,37-15(3)4)13-34-20-19(31)17(10-30)35-24(20)29-12-27-18-21(25-11-26-22(18)29)28-23(32)16-8-6-5-7-9-16/h5-9,11-12,14-15,17,19-20,24,30-31H,10,13H2,1-4H3,(H,25,26,28,32)/t17-,19+,20-,24-/m1/s1. The van der Waals surface area contributed by atoms with E-state index in [-0.39, 0.29) is 22.9 Å². The Hall–Kier alpha value is -2.77. The molecule has 0 bridgehead atoms. The topological polar surface area (TPSA) is 167 Å². The predicted molar refractivity (Wildman–Crippen MR) is 137 cm³/mol. The Labute approximate surface area is 219 Å². The zero-order chi connectivity index (χ0) is 27.4. The highest BCUT2D eigenvalue weighted by atomic mass is 31.2. The predicted octanol–water partition coefficient (Wildman–Crippen LogP) is 2.72. The molecule has 0 saturated carbocycles. The van der Waals surface area contributed by atoms with Gasteiger partial charge in [0.25, 0.3) is 5.91 Å². The first-order chi connectivity index (χ1) is 18.1. The number of carbonyl (C=O) groups is 1. The van der Waals surface area contributed by atoms with Gasteiger partial charge in [0.1, 0.15) is 31.0 Å². The molecule has 1 aromatic carbocycles. The van der Waals surface area contributed by atoms with Crippen LogP contribution in [0.1, 0.15) is 44.3 Å². The molecule has 1 fully saturated rings. The van der Waals surface area contributed by atoms with Gasteiger partial charge < -0.3 is 34.1 Å². The molecular weight excluding hydrogens is 517 g/mol. The fraction of sp³-hybridized carbons (Fsp3) is 0.500. The second kappa shape index (κ2) is 12.0. The monoisotopic (exact) mass is 549 g/mol. The number of carbonyl (C=O) groups excluding carboxylic acids is 1. The number of aliphatic hydroxyl groups excluding tert-OH is 2. The number of benzene rings is 1. The lowest BCUT2D eigenvalue weighted by Crippen LogP contribution is -2.36. The van der Waals surface area contributed by atoms with E-state index in [4.69, 9.17) is 18.5 Å². The minimum atomic E-state index is -3.69. The van der Waals surface area contributed by atoms with Crippen LogP contribution in [0.5, 0.6) is 0 Å². The van der Waals surface area contributed by atoms with E-state index < -0.39 is 57.3 Å². The number of nitrogens with one attached hydrogen (secondary N) is 1. The van der Waals surface area contributed by atoms with Gasteiger partial charge in [-0.15, -0.1) is 0 Å². The lowest BCUT2D eigenvalue weighted by Gasteiger charge is -2.26. The van der Waals surface area contributed by atoms with E-state index in [0.29, 0.717) is 5.56 Å². The van der Waals surface area contributed by atoms with Crippen molar-refractivity contribution in [2.75, 3.05) is 18.3 Å². The third-order valence-electron chi connectivity index (χ3n) is 5.56. The van der Waals surface area contributed by atoms with Gasteiger partial charge in [0, 0.05) is 5.56 Å². The first-order valence-electron chi connectivity index (χ1n) is 12.2. The van der Waals surface area contributed by atoms with Crippen molar-refractivity contribution in [2.45, 2.75) is 64.4 Å². The van der Waals surface area contributed by atoms with Crippen LogP contribution in [0.25, 0.3) is 11.2 Å². The number of hydrogen-bond acceptors (Lipinski definition) is 11. The highest BCUT2D eigenvalue weighted by Gasteiger charge is 2.47. The van der Waals surface area contributed by atoms with Crippen molar-refractivity contribution in [2.24, 2.45) is 0 Å². The molecule has 13 nitrogen and oxygen atoms in total. The summed E-state index contributed by atoms with van der Waals surface area (Å²) in [6.45, 7) is 6.40. The second-order valence-electron chi connectivity index (χ2n) is 9.28. The normalized spacial score (nSPS) is 22.0. The molecule has 4 atom stereocenters. The average molecular weight is 550 g/mol. The Morgan fingerprint density at radius 2 is 1.82 bits per heavy atom. The van der Waals surface area contributed by atoms with E-state index in [0.717, 1.165) is 0 Å². The lowest BCUT2D eigenvalue weighted by atomic mass is 10.1. The summed E-state index contributed by atoms with van der Waals surface area (Å²) in [4.78, 5) is 25.4. The number of aliphatic hydroxyl groups is 2. The molecule has 14 heteroatoms. The molecule has 38 heavy (non-hydrogen) atoms. The van der Waals surface area contributed by atoms with Crippen molar-refractivity contribution in [1.29, 1.82) is 0 Å². The zero-order valence-corrected chi connectivity index (χ0v) is 22.4. The summed E-state index contributed by atoms with van der Waals surface area (Å²) < 4.78 is 37.6. The zero-order valence-electron chi connectivity index (χ0n) is 21.5. The van der Waals surface area contributed by atoms with Crippen LogP contribution < -0.4 is 5.32 Å². The van der Waals surface area contributed by atoms with Crippen molar-refractivity contribution >= 4 is 30.5 Å². The van der Waals surface area contributed by atoms with Gasteiger partial charge in [-0.3, -0.25) is 13.9 Å². The summed E-state index contributed by atoms with van der Waals surface area (Å²) in [6.07, 6.45) is -2.93. The van der Waals surface area contributed by atoms with Crippen LogP contribution in [0, 0.1) is 0 Å². The van der Waals surface area contributed by atoms with E-state index in [1.807, 2.05) is 0 Å². The molecule has 206 valence electrons. The summed E-state index contributed by atoms with van der Waals surface area (Å²) in [7, 11) is -3.69. The van der Waals surface area contributed by atoms with Crippen molar-refractivity contribution in [1.82, 2.24) is 19.5 Å². The van der Waals surface area contributed by atoms with Gasteiger partial charge in [0.05, 0.1) is 25.1 Å². The molecule has 2 aromatic heterocycles. The van der Waals surface area contributed by atoms with Gasteiger partial charge in [-0.05, 0) is 39.8 Å². The number of imidazole rings is 1. The molecule has 0 spiro atoms. The van der Waals surface area contributed by atoms with Crippen molar-refractivity contribution in [3.63, 3.8) is 0 Å². The second-order valence-corrected chi connectivity index (χ2v) is 11.2. The van der Waals surface area contributed by atoms with Crippen LogP contribution in [0.3, 0.4) is 0 Å². The van der Waals surface area contributed by atoms with E-state index in [1.54, 1.807) is 58.0 Å². The van der Waals surface area contributed by atoms with E-state index in [9.17, 15) is 19.6 Å². The van der Waals surface area contributed by atoms with E-state index in [1.165, 1.54) is 17.2 Å². The molecule has 0 aliphatic carbocycles. The molecule has 1 amide bonds. The van der Waals surface area contributed by atoms with Gasteiger partial charge in [0.2, 0.25) is 0 Å². The Bertz CT molecular complexity index is 1270. The molecule has 0 radical (unpaired) electrons. The van der Waals surface area contributed by atoms with Gasteiger partial charge in [-0.2, -0.15) is 0 Å². The SMILES string of the molecule is CC(C)OP(=O)(CO[C@@H]1[C@@H](O)[C@@H](CO)O[C@H]1n1cnc2c(NC(=O)c3ccccc3)ncnc21)OC(C)C. The fourth-order valence-electron chi connectivity index (χ4n) is 4.08. The molecular formula is C24H32N5O8P. The van der Waals surface area contributed by atoms with Crippen molar-refractivity contribution in [3.05, 3.63) is 48.5 Å². The molecule has 1 aliphatic rings. The molecule has 3 N–H and O–H groups in total. The molecule has 1 aliphatic heterocycles. The number of aromatic nitrogens is 4. The van der Waals surface area contributed by atoms with Crippen molar-refractivity contribution in [3.8, 4) is 0 Å². The summed E-state index contributed by atoms with van der Waals surface area (Å²) in [5.41, 5.74) is 1.00. The number of anilines is 1. The Morgan fingerprint density at radius 1 is 1.13 bits per heavy atom. The van der Waals surface area contributed by atoms with Crippen LogP contribution in [0.2, 0.25) is 0 Å². The Balaban J connectivity index is 1.61. The summed E-state index contributed by atoms with van der Waals surface area (Å²) in [6, 6.07) is 8.63. The average Bonchev–Trinajstić information content (AvgIpc) is 3.43. The highest BCUT2D eigenvalue weighted by molar-refractivity contribution is 7.53. The van der Waals surface area contributed by atoms with E-state index >= 15 is 0 Å². The van der Waals surface area contributed by atoms with Gasteiger partial charge in [-0.1, -0.05) is 18.2 Å². The maximum absolute atomic E-state index is 13.3. The number of amides is 1. The maximum Gasteiger partial charge on any atom is 0.356 e. The Kier molecular flexibility index (Phi) is 8.89. The van der Waals surface area contributed by atoms with Gasteiger partial charge in [-0.25, -0.2) is 15.0 Å². The largest absolute Gasteiger partial charge is 0.394 e. The summed E-state index contributed by atoms with van der Waals surface area (Å²) >= 11 is 0. The third-order valence-corrected chi connectivity index (χ3v) is 7.51. The van der Waals surface area contributed by atoms with Crippen molar-refractivity contribution < 1.29 is 38.1 Å². The summed E-state index contributed by atoms with van der Waals surface area (Å²) in [5, 5.41) is 23.3.